The standard InChI is InChI=1S/C17H26N2O3S/c20-23(21,14-17-7-4-12-22-17)18-16-8-10-19(11-9-16)13-15-5-2-1-3-6-15/h1-3,5-6,16-18H,4,7-14H2. The third-order valence-corrected chi connectivity index (χ3v) is 6.12. The minimum Gasteiger partial charge on any atom is -0.377 e. The molecule has 2 aliphatic rings. The molecule has 2 heterocycles. The smallest absolute Gasteiger partial charge is 0.214 e. The summed E-state index contributed by atoms with van der Waals surface area (Å²) in [7, 11) is -3.23. The van der Waals surface area contributed by atoms with Crippen LogP contribution in [0.2, 0.25) is 0 Å². The molecule has 0 radical (unpaired) electrons. The van der Waals surface area contributed by atoms with Crippen LogP contribution in [0.4, 0.5) is 0 Å². The Labute approximate surface area is 139 Å². The van der Waals surface area contributed by atoms with Gasteiger partial charge in [0.15, 0.2) is 0 Å². The molecule has 6 heteroatoms. The van der Waals surface area contributed by atoms with E-state index in [1.807, 2.05) is 6.07 Å². The molecule has 128 valence electrons. The van der Waals surface area contributed by atoms with Crippen molar-refractivity contribution in [2.45, 2.75) is 44.4 Å². The van der Waals surface area contributed by atoms with Gasteiger partial charge in [0.2, 0.25) is 10.0 Å². The van der Waals surface area contributed by atoms with Crippen LogP contribution in [0.3, 0.4) is 0 Å². The lowest BCUT2D eigenvalue weighted by Crippen LogP contribution is -2.46. The van der Waals surface area contributed by atoms with E-state index in [0.29, 0.717) is 6.61 Å². The number of nitrogens with zero attached hydrogens (tertiary/aromatic N) is 1. The van der Waals surface area contributed by atoms with Crippen molar-refractivity contribution in [3.63, 3.8) is 0 Å². The van der Waals surface area contributed by atoms with Gasteiger partial charge in [0.25, 0.3) is 0 Å². The zero-order chi connectivity index (χ0) is 16.1. The van der Waals surface area contributed by atoms with Crippen LogP contribution in [-0.2, 0) is 21.3 Å². The van der Waals surface area contributed by atoms with Gasteiger partial charge in [0, 0.05) is 32.3 Å². The van der Waals surface area contributed by atoms with E-state index < -0.39 is 10.0 Å². The second kappa shape index (κ2) is 7.75. The molecule has 1 aromatic carbocycles. The number of likely N-dealkylation sites (tertiary alicyclic amines) is 1. The summed E-state index contributed by atoms with van der Waals surface area (Å²) in [5, 5.41) is 0. The van der Waals surface area contributed by atoms with Gasteiger partial charge < -0.3 is 4.74 Å². The van der Waals surface area contributed by atoms with Crippen LogP contribution in [0.15, 0.2) is 30.3 Å². The number of piperidine rings is 1. The Hall–Kier alpha value is -0.950. The Bertz CT molecular complexity index is 577. The summed E-state index contributed by atoms with van der Waals surface area (Å²) in [4.78, 5) is 2.39. The largest absolute Gasteiger partial charge is 0.377 e. The summed E-state index contributed by atoms with van der Waals surface area (Å²) >= 11 is 0. The summed E-state index contributed by atoms with van der Waals surface area (Å²) < 4.78 is 32.8. The second-order valence-corrected chi connectivity index (χ2v) is 8.37. The Morgan fingerprint density at radius 3 is 2.52 bits per heavy atom. The first kappa shape index (κ1) is 16.9. The van der Waals surface area contributed by atoms with E-state index in [0.717, 1.165) is 45.3 Å². The summed E-state index contributed by atoms with van der Waals surface area (Å²) in [6.07, 6.45) is 3.45. The third-order valence-electron chi connectivity index (χ3n) is 4.61. The molecule has 1 unspecified atom stereocenters. The molecule has 0 aliphatic carbocycles. The molecule has 0 aromatic heterocycles. The maximum atomic E-state index is 12.2. The monoisotopic (exact) mass is 338 g/mol. The topological polar surface area (TPSA) is 58.6 Å². The van der Waals surface area contributed by atoms with Gasteiger partial charge in [-0.1, -0.05) is 30.3 Å². The van der Waals surface area contributed by atoms with Crippen molar-refractivity contribution < 1.29 is 13.2 Å². The highest BCUT2D eigenvalue weighted by Gasteiger charge is 2.27. The summed E-state index contributed by atoms with van der Waals surface area (Å²) in [5.74, 6) is 0.108. The van der Waals surface area contributed by atoms with Gasteiger partial charge in [-0.05, 0) is 31.2 Å². The van der Waals surface area contributed by atoms with Gasteiger partial charge in [-0.15, -0.1) is 0 Å². The average Bonchev–Trinajstić information content (AvgIpc) is 3.02. The van der Waals surface area contributed by atoms with Crippen LogP contribution >= 0.6 is 0 Å². The molecule has 1 aromatic rings. The van der Waals surface area contributed by atoms with E-state index in [-0.39, 0.29) is 17.9 Å². The molecule has 0 saturated carbocycles. The van der Waals surface area contributed by atoms with Crippen molar-refractivity contribution in [1.29, 1.82) is 0 Å². The average molecular weight is 338 g/mol. The van der Waals surface area contributed by atoms with Crippen LogP contribution < -0.4 is 4.72 Å². The maximum absolute atomic E-state index is 12.2. The Morgan fingerprint density at radius 2 is 1.87 bits per heavy atom. The van der Waals surface area contributed by atoms with Crippen molar-refractivity contribution in [3.8, 4) is 0 Å². The van der Waals surface area contributed by atoms with Gasteiger partial charge in [-0.3, -0.25) is 4.90 Å². The summed E-state index contributed by atoms with van der Waals surface area (Å²) in [6.45, 7) is 3.50. The fourth-order valence-electron chi connectivity index (χ4n) is 3.37. The first-order chi connectivity index (χ1) is 11.1. The molecule has 3 rings (SSSR count). The first-order valence-electron chi connectivity index (χ1n) is 8.49. The Kier molecular flexibility index (Phi) is 5.69. The Balaban J connectivity index is 1.43. The lowest BCUT2D eigenvalue weighted by atomic mass is 10.1. The van der Waals surface area contributed by atoms with Crippen LogP contribution in [0.1, 0.15) is 31.2 Å². The van der Waals surface area contributed by atoms with E-state index >= 15 is 0 Å². The predicted molar refractivity (Wildman–Crippen MR) is 90.6 cm³/mol. The van der Waals surface area contributed by atoms with Crippen molar-refractivity contribution in [2.24, 2.45) is 0 Å². The molecule has 0 bridgehead atoms. The molecule has 23 heavy (non-hydrogen) atoms. The highest BCUT2D eigenvalue weighted by molar-refractivity contribution is 7.89. The fraction of sp³-hybridized carbons (Fsp3) is 0.647. The molecular formula is C17H26N2O3S. The van der Waals surface area contributed by atoms with Crippen molar-refractivity contribution in [3.05, 3.63) is 35.9 Å². The molecule has 2 aliphatic heterocycles. The number of hydrogen-bond acceptors (Lipinski definition) is 4. The molecule has 5 nitrogen and oxygen atoms in total. The highest BCUT2D eigenvalue weighted by atomic mass is 32.2. The number of hydrogen-bond donors (Lipinski definition) is 1. The lowest BCUT2D eigenvalue weighted by Gasteiger charge is -2.32. The van der Waals surface area contributed by atoms with Gasteiger partial charge in [-0.2, -0.15) is 0 Å². The molecular weight excluding hydrogens is 312 g/mol. The van der Waals surface area contributed by atoms with E-state index in [1.165, 1.54) is 5.56 Å². The highest BCUT2D eigenvalue weighted by Crippen LogP contribution is 2.17. The number of ether oxygens (including phenoxy) is 1. The zero-order valence-electron chi connectivity index (χ0n) is 13.5. The van der Waals surface area contributed by atoms with Crippen molar-refractivity contribution in [1.82, 2.24) is 9.62 Å². The molecule has 1 atom stereocenters. The SMILES string of the molecule is O=S(=O)(CC1CCCO1)NC1CCN(Cc2ccccc2)CC1. The summed E-state index contributed by atoms with van der Waals surface area (Å²) in [5.41, 5.74) is 1.31. The third kappa shape index (κ3) is 5.28. The molecule has 2 saturated heterocycles. The van der Waals surface area contributed by atoms with E-state index in [2.05, 4.69) is 33.9 Å². The first-order valence-corrected chi connectivity index (χ1v) is 10.1. The second-order valence-electron chi connectivity index (χ2n) is 6.57. The van der Waals surface area contributed by atoms with Crippen LogP contribution in [0, 0.1) is 0 Å². The van der Waals surface area contributed by atoms with Gasteiger partial charge >= 0.3 is 0 Å². The van der Waals surface area contributed by atoms with Crippen LogP contribution in [0.25, 0.3) is 0 Å². The lowest BCUT2D eigenvalue weighted by molar-refractivity contribution is 0.127. The number of sulfonamides is 1. The number of nitrogens with one attached hydrogen (secondary N) is 1. The normalized spacial score (nSPS) is 24.1. The molecule has 0 amide bonds. The van der Waals surface area contributed by atoms with E-state index in [4.69, 9.17) is 4.74 Å². The minimum atomic E-state index is -3.23. The van der Waals surface area contributed by atoms with E-state index in [9.17, 15) is 8.42 Å². The molecule has 1 N–H and O–H groups in total. The fourth-order valence-corrected chi connectivity index (χ4v) is 4.97. The number of rotatable bonds is 6. The van der Waals surface area contributed by atoms with Gasteiger partial charge in [-0.25, -0.2) is 13.1 Å². The Morgan fingerprint density at radius 1 is 1.13 bits per heavy atom. The zero-order valence-corrected chi connectivity index (χ0v) is 14.3. The van der Waals surface area contributed by atoms with Gasteiger partial charge in [0.1, 0.15) is 0 Å². The molecule has 0 spiro atoms. The quantitative estimate of drug-likeness (QED) is 0.858. The van der Waals surface area contributed by atoms with Gasteiger partial charge in [0.05, 0.1) is 11.9 Å². The number of benzene rings is 1. The van der Waals surface area contributed by atoms with Crippen molar-refractivity contribution in [2.75, 3.05) is 25.4 Å². The molecule has 2 fully saturated rings. The maximum Gasteiger partial charge on any atom is 0.214 e. The van der Waals surface area contributed by atoms with E-state index in [1.54, 1.807) is 0 Å². The van der Waals surface area contributed by atoms with Crippen LogP contribution in [-0.4, -0.2) is 50.9 Å². The van der Waals surface area contributed by atoms with Crippen LogP contribution in [0.5, 0.6) is 0 Å². The van der Waals surface area contributed by atoms with Crippen molar-refractivity contribution >= 4 is 10.0 Å². The minimum absolute atomic E-state index is 0.0634. The predicted octanol–water partition coefficient (Wildman–Crippen LogP) is 1.75. The summed E-state index contributed by atoms with van der Waals surface area (Å²) in [6, 6.07) is 10.5.